The summed E-state index contributed by atoms with van der Waals surface area (Å²) in [6.45, 7) is 8.03. The molecule has 4 unspecified atom stereocenters. The molecule has 2 heterocycles. The van der Waals surface area contributed by atoms with Gasteiger partial charge in [0.2, 0.25) is 0 Å². The summed E-state index contributed by atoms with van der Waals surface area (Å²) < 4.78 is 5.53. The summed E-state index contributed by atoms with van der Waals surface area (Å²) in [5, 5.41) is 5.92. The van der Waals surface area contributed by atoms with Gasteiger partial charge in [-0.05, 0) is 25.1 Å². The smallest absolute Gasteiger partial charge is 0.105 e. The van der Waals surface area contributed by atoms with E-state index in [1.807, 2.05) is 6.07 Å². The maximum atomic E-state index is 5.53. The van der Waals surface area contributed by atoms with Gasteiger partial charge in [-0.2, -0.15) is 23.5 Å². The number of rotatable bonds is 6. The molecule has 1 aliphatic heterocycles. The Balaban J connectivity index is 1.96. The first-order chi connectivity index (χ1) is 9.20. The van der Waals surface area contributed by atoms with E-state index in [0.717, 1.165) is 29.2 Å². The molecule has 1 fully saturated rings. The quantitative estimate of drug-likeness (QED) is 0.863. The van der Waals surface area contributed by atoms with Crippen molar-refractivity contribution in [1.82, 2.24) is 5.32 Å². The zero-order chi connectivity index (χ0) is 13.7. The number of hydrogen-bond acceptors (Lipinski definition) is 4. The van der Waals surface area contributed by atoms with Crippen LogP contribution in [0.25, 0.3) is 0 Å². The molecule has 1 aromatic heterocycles. The summed E-state index contributed by atoms with van der Waals surface area (Å²) in [7, 11) is 0. The molecular formula is C15H25NOS2. The second kappa shape index (κ2) is 7.65. The SMILES string of the molecule is CCCNC(Cc1ccco1)C1CSC(C)C(C)S1. The lowest BCUT2D eigenvalue weighted by molar-refractivity contribution is 0.438. The first kappa shape index (κ1) is 15.3. The third-order valence-corrected chi connectivity index (χ3v) is 7.23. The van der Waals surface area contributed by atoms with Crippen molar-refractivity contribution < 1.29 is 4.42 Å². The molecule has 2 nitrogen and oxygen atoms in total. The van der Waals surface area contributed by atoms with E-state index in [-0.39, 0.29) is 0 Å². The van der Waals surface area contributed by atoms with E-state index in [1.165, 1.54) is 12.2 Å². The highest BCUT2D eigenvalue weighted by molar-refractivity contribution is 8.07. The minimum Gasteiger partial charge on any atom is -0.469 e. The van der Waals surface area contributed by atoms with Gasteiger partial charge in [0.15, 0.2) is 0 Å². The Morgan fingerprint density at radius 2 is 2.26 bits per heavy atom. The lowest BCUT2D eigenvalue weighted by Crippen LogP contribution is -2.45. The molecule has 1 N–H and O–H groups in total. The van der Waals surface area contributed by atoms with E-state index in [1.54, 1.807) is 6.26 Å². The predicted octanol–water partition coefficient (Wildman–Crippen LogP) is 3.82. The van der Waals surface area contributed by atoms with Crippen molar-refractivity contribution in [2.24, 2.45) is 0 Å². The van der Waals surface area contributed by atoms with Crippen LogP contribution in [0.1, 0.15) is 33.0 Å². The molecular weight excluding hydrogens is 274 g/mol. The second-order valence-corrected chi connectivity index (χ2v) is 8.29. The molecule has 1 aliphatic rings. The fraction of sp³-hybridized carbons (Fsp3) is 0.733. The third-order valence-electron chi connectivity index (χ3n) is 3.68. The lowest BCUT2D eigenvalue weighted by Gasteiger charge is -2.36. The van der Waals surface area contributed by atoms with Crippen molar-refractivity contribution >= 4 is 23.5 Å². The molecule has 0 spiro atoms. The predicted molar refractivity (Wildman–Crippen MR) is 87.3 cm³/mol. The highest BCUT2D eigenvalue weighted by Crippen LogP contribution is 2.37. The van der Waals surface area contributed by atoms with Gasteiger partial charge in [0, 0.05) is 34.0 Å². The molecule has 4 heteroatoms. The van der Waals surface area contributed by atoms with Crippen LogP contribution in [0.2, 0.25) is 0 Å². The fourth-order valence-electron chi connectivity index (χ4n) is 2.33. The zero-order valence-electron chi connectivity index (χ0n) is 12.1. The van der Waals surface area contributed by atoms with Gasteiger partial charge >= 0.3 is 0 Å². The van der Waals surface area contributed by atoms with Crippen molar-refractivity contribution in [2.45, 2.75) is 55.4 Å². The number of thioether (sulfide) groups is 2. The van der Waals surface area contributed by atoms with Crippen LogP contribution in [0.4, 0.5) is 0 Å². The van der Waals surface area contributed by atoms with Crippen LogP contribution in [-0.2, 0) is 6.42 Å². The molecule has 0 aliphatic carbocycles. The van der Waals surface area contributed by atoms with Crippen LogP contribution in [-0.4, -0.2) is 34.1 Å². The second-order valence-electron chi connectivity index (χ2n) is 5.26. The Hall–Kier alpha value is -0.0600. The Bertz CT molecular complexity index is 355. The van der Waals surface area contributed by atoms with E-state index in [9.17, 15) is 0 Å². The van der Waals surface area contributed by atoms with Crippen molar-refractivity contribution in [3.63, 3.8) is 0 Å². The van der Waals surface area contributed by atoms with Crippen molar-refractivity contribution in [3.8, 4) is 0 Å². The topological polar surface area (TPSA) is 25.2 Å². The third kappa shape index (κ3) is 4.47. The molecule has 1 aromatic rings. The Morgan fingerprint density at radius 3 is 2.89 bits per heavy atom. The lowest BCUT2D eigenvalue weighted by atomic mass is 10.1. The zero-order valence-corrected chi connectivity index (χ0v) is 13.7. The van der Waals surface area contributed by atoms with Gasteiger partial charge in [0.05, 0.1) is 6.26 Å². The summed E-state index contributed by atoms with van der Waals surface area (Å²) in [6, 6.07) is 4.60. The summed E-state index contributed by atoms with van der Waals surface area (Å²) >= 11 is 4.27. The van der Waals surface area contributed by atoms with Gasteiger partial charge in [0.25, 0.3) is 0 Å². The van der Waals surface area contributed by atoms with Crippen molar-refractivity contribution in [3.05, 3.63) is 24.2 Å². The maximum Gasteiger partial charge on any atom is 0.105 e. The summed E-state index contributed by atoms with van der Waals surface area (Å²) in [4.78, 5) is 0. The molecule has 0 bridgehead atoms. The molecule has 0 saturated carbocycles. The number of hydrogen-bond donors (Lipinski definition) is 1. The highest BCUT2D eigenvalue weighted by atomic mass is 32.2. The van der Waals surface area contributed by atoms with E-state index in [0.29, 0.717) is 11.3 Å². The Labute approximate surface area is 125 Å². The molecule has 4 atom stereocenters. The van der Waals surface area contributed by atoms with Gasteiger partial charge in [-0.1, -0.05) is 20.8 Å². The minimum atomic E-state index is 0.526. The fourth-order valence-corrected chi connectivity index (χ4v) is 5.46. The Morgan fingerprint density at radius 1 is 1.42 bits per heavy atom. The van der Waals surface area contributed by atoms with E-state index in [2.05, 4.69) is 55.7 Å². The summed E-state index contributed by atoms with van der Waals surface area (Å²) in [5.41, 5.74) is 0. The van der Waals surface area contributed by atoms with Gasteiger partial charge < -0.3 is 9.73 Å². The average Bonchev–Trinajstić information content (AvgIpc) is 2.91. The van der Waals surface area contributed by atoms with Crippen LogP contribution in [0.15, 0.2) is 22.8 Å². The van der Waals surface area contributed by atoms with Crippen LogP contribution < -0.4 is 5.32 Å². The normalized spacial score (nSPS) is 29.3. The maximum absolute atomic E-state index is 5.53. The van der Waals surface area contributed by atoms with E-state index < -0.39 is 0 Å². The van der Waals surface area contributed by atoms with Gasteiger partial charge in [-0.25, -0.2) is 0 Å². The van der Waals surface area contributed by atoms with Crippen LogP contribution in [0, 0.1) is 0 Å². The largest absolute Gasteiger partial charge is 0.469 e. The van der Waals surface area contributed by atoms with Crippen LogP contribution >= 0.6 is 23.5 Å². The Kier molecular flexibility index (Phi) is 6.17. The van der Waals surface area contributed by atoms with Crippen molar-refractivity contribution in [1.29, 1.82) is 0 Å². The first-order valence-electron chi connectivity index (χ1n) is 7.23. The van der Waals surface area contributed by atoms with Crippen LogP contribution in [0.3, 0.4) is 0 Å². The highest BCUT2D eigenvalue weighted by Gasteiger charge is 2.31. The molecule has 0 radical (unpaired) electrons. The molecule has 108 valence electrons. The van der Waals surface area contributed by atoms with Gasteiger partial charge in [-0.15, -0.1) is 0 Å². The van der Waals surface area contributed by atoms with Crippen molar-refractivity contribution in [2.75, 3.05) is 12.3 Å². The standard InChI is InChI=1S/C15H25NOS2/c1-4-7-16-14(9-13-6-5-8-17-13)15-10-18-11(2)12(3)19-15/h5-6,8,11-12,14-16H,4,7,9-10H2,1-3H3. The van der Waals surface area contributed by atoms with Gasteiger partial charge in [0.1, 0.15) is 5.76 Å². The summed E-state index contributed by atoms with van der Waals surface area (Å²) in [5.74, 6) is 2.35. The number of nitrogens with one attached hydrogen (secondary N) is 1. The molecule has 1 saturated heterocycles. The molecule has 2 rings (SSSR count). The van der Waals surface area contributed by atoms with Gasteiger partial charge in [-0.3, -0.25) is 0 Å². The molecule has 19 heavy (non-hydrogen) atoms. The number of furan rings is 1. The monoisotopic (exact) mass is 299 g/mol. The van der Waals surface area contributed by atoms with E-state index in [4.69, 9.17) is 4.42 Å². The first-order valence-corrected chi connectivity index (χ1v) is 9.22. The van der Waals surface area contributed by atoms with E-state index >= 15 is 0 Å². The molecule has 0 aromatic carbocycles. The molecule has 0 amide bonds. The van der Waals surface area contributed by atoms with Crippen LogP contribution in [0.5, 0.6) is 0 Å². The average molecular weight is 300 g/mol. The minimum absolute atomic E-state index is 0.526. The summed E-state index contributed by atoms with van der Waals surface area (Å²) in [6.07, 6.45) is 3.97.